The zero-order valence-corrected chi connectivity index (χ0v) is 10.8. The highest BCUT2D eigenvalue weighted by molar-refractivity contribution is 5.96. The van der Waals surface area contributed by atoms with E-state index >= 15 is 0 Å². The van der Waals surface area contributed by atoms with Crippen molar-refractivity contribution in [3.8, 4) is 0 Å². The third-order valence-electron chi connectivity index (χ3n) is 2.25. The van der Waals surface area contributed by atoms with Gasteiger partial charge in [0.05, 0.1) is 0 Å². The van der Waals surface area contributed by atoms with E-state index in [0.717, 1.165) is 11.3 Å². The van der Waals surface area contributed by atoms with Crippen molar-refractivity contribution in [2.24, 2.45) is 4.99 Å². The van der Waals surface area contributed by atoms with E-state index in [9.17, 15) is 0 Å². The first kappa shape index (κ1) is 13.1. The van der Waals surface area contributed by atoms with E-state index in [1.54, 1.807) is 26.0 Å². The lowest BCUT2D eigenvalue weighted by Crippen LogP contribution is -2.45. The van der Waals surface area contributed by atoms with E-state index in [-0.39, 0.29) is 0 Å². The lowest BCUT2D eigenvalue weighted by Gasteiger charge is -2.17. The summed E-state index contributed by atoms with van der Waals surface area (Å²) in [6, 6.07) is 2.07. The van der Waals surface area contributed by atoms with E-state index in [0.29, 0.717) is 18.5 Å². The van der Waals surface area contributed by atoms with Gasteiger partial charge in [-0.3, -0.25) is 15.7 Å². The maximum atomic E-state index is 7.65. The lowest BCUT2D eigenvalue weighted by atomic mass is 10.3. The number of aliphatic imine (C=N–C) groups is 1. The minimum Gasteiger partial charge on any atom is -0.365 e. The summed E-state index contributed by atoms with van der Waals surface area (Å²) in [6.07, 6.45) is 1.95. The molecule has 0 aromatic carbocycles. The van der Waals surface area contributed by atoms with Crippen molar-refractivity contribution in [3.63, 3.8) is 0 Å². The molecule has 4 N–H and O–H groups in total. The van der Waals surface area contributed by atoms with Crippen molar-refractivity contribution in [2.75, 3.05) is 21.1 Å². The largest absolute Gasteiger partial charge is 0.365 e. The third-order valence-corrected chi connectivity index (χ3v) is 2.25. The predicted molar refractivity (Wildman–Crippen MR) is 70.3 cm³/mol. The van der Waals surface area contributed by atoms with Crippen LogP contribution in [-0.4, -0.2) is 42.9 Å². The Balaban J connectivity index is 2.46. The molecule has 1 aromatic rings. The normalized spacial score (nSPS) is 11.2. The fourth-order valence-corrected chi connectivity index (χ4v) is 1.26. The molecule has 0 amide bonds. The van der Waals surface area contributed by atoms with Gasteiger partial charge >= 0.3 is 0 Å². The lowest BCUT2D eigenvalue weighted by molar-refractivity contribution is 0.597. The van der Waals surface area contributed by atoms with Crippen LogP contribution in [0.4, 0.5) is 0 Å². The van der Waals surface area contributed by atoms with Gasteiger partial charge in [-0.15, -0.1) is 0 Å². The number of hydrogen-bond donors (Lipinski definition) is 4. The Morgan fingerprint density at radius 2 is 2.24 bits per heavy atom. The van der Waals surface area contributed by atoms with Crippen LogP contribution in [-0.2, 0) is 6.54 Å². The summed E-state index contributed by atoms with van der Waals surface area (Å²) < 4.78 is 0. The molecule has 0 saturated heterocycles. The molecule has 0 aliphatic rings. The van der Waals surface area contributed by atoms with Crippen molar-refractivity contribution >= 4 is 11.9 Å². The van der Waals surface area contributed by atoms with Crippen molar-refractivity contribution in [1.82, 2.24) is 20.5 Å². The van der Waals surface area contributed by atoms with Gasteiger partial charge in [0.15, 0.2) is 11.9 Å². The summed E-state index contributed by atoms with van der Waals surface area (Å²) >= 11 is 0. The molecule has 0 bridgehead atoms. The molecule has 17 heavy (non-hydrogen) atoms. The first-order chi connectivity index (χ1) is 8.02. The average Bonchev–Trinajstić information content (AvgIpc) is 2.69. The molecule has 94 valence electrons. The van der Waals surface area contributed by atoms with Crippen molar-refractivity contribution < 1.29 is 0 Å². The van der Waals surface area contributed by atoms with Crippen LogP contribution in [0, 0.1) is 12.3 Å². The maximum Gasteiger partial charge on any atom is 0.198 e. The van der Waals surface area contributed by atoms with Crippen molar-refractivity contribution in [3.05, 3.63) is 23.5 Å². The minimum absolute atomic E-state index is 0.295. The second-order valence-electron chi connectivity index (χ2n) is 3.98. The molecule has 0 aliphatic heterocycles. The minimum atomic E-state index is 0.295. The Morgan fingerprint density at radius 1 is 1.53 bits per heavy atom. The Hall–Kier alpha value is -1.98. The van der Waals surface area contributed by atoms with Gasteiger partial charge in [0.25, 0.3) is 0 Å². The third kappa shape index (κ3) is 4.18. The van der Waals surface area contributed by atoms with Gasteiger partial charge in [-0.05, 0) is 18.6 Å². The van der Waals surface area contributed by atoms with Gasteiger partial charge in [-0.1, -0.05) is 0 Å². The summed E-state index contributed by atoms with van der Waals surface area (Å²) in [5, 5.41) is 13.7. The van der Waals surface area contributed by atoms with E-state index < -0.39 is 0 Å². The number of guanidine groups is 2. The fourth-order valence-electron chi connectivity index (χ4n) is 1.26. The molecule has 1 rings (SSSR count). The van der Waals surface area contributed by atoms with Gasteiger partial charge in [-0.25, -0.2) is 0 Å². The van der Waals surface area contributed by atoms with Gasteiger partial charge in [0, 0.05) is 39.6 Å². The Kier molecular flexibility index (Phi) is 4.56. The van der Waals surface area contributed by atoms with E-state index in [1.165, 1.54) is 0 Å². The summed E-state index contributed by atoms with van der Waals surface area (Å²) in [4.78, 5) is 8.84. The van der Waals surface area contributed by atoms with Crippen LogP contribution in [0.5, 0.6) is 0 Å². The molecule has 0 fully saturated rings. The SMILES string of the molecule is C/N=C(/NCc1c[nH]c(C)c1)NC(=N)N(C)C. The van der Waals surface area contributed by atoms with Crippen LogP contribution >= 0.6 is 0 Å². The Labute approximate surface area is 102 Å². The molecule has 0 saturated carbocycles. The van der Waals surface area contributed by atoms with Crippen LogP contribution in [0.25, 0.3) is 0 Å². The Morgan fingerprint density at radius 3 is 2.71 bits per heavy atom. The van der Waals surface area contributed by atoms with Crippen LogP contribution in [0.3, 0.4) is 0 Å². The Bertz CT molecular complexity index is 404. The van der Waals surface area contributed by atoms with Crippen LogP contribution < -0.4 is 10.6 Å². The highest BCUT2D eigenvalue weighted by atomic mass is 15.3. The second kappa shape index (κ2) is 5.93. The molecular weight excluding hydrogens is 216 g/mol. The van der Waals surface area contributed by atoms with Crippen molar-refractivity contribution in [2.45, 2.75) is 13.5 Å². The number of nitrogens with one attached hydrogen (secondary N) is 4. The summed E-state index contributed by atoms with van der Waals surface area (Å²) in [6.45, 7) is 2.68. The molecule has 1 aromatic heterocycles. The molecule has 6 nitrogen and oxygen atoms in total. The molecule has 0 unspecified atom stereocenters. The first-order valence-corrected chi connectivity index (χ1v) is 5.40. The highest BCUT2D eigenvalue weighted by Crippen LogP contribution is 2.00. The number of hydrogen-bond acceptors (Lipinski definition) is 2. The number of rotatable bonds is 2. The average molecular weight is 236 g/mol. The van der Waals surface area contributed by atoms with E-state index in [1.807, 2.05) is 13.1 Å². The molecule has 1 heterocycles. The van der Waals surface area contributed by atoms with Crippen LogP contribution in [0.15, 0.2) is 17.3 Å². The van der Waals surface area contributed by atoms with Crippen LogP contribution in [0.1, 0.15) is 11.3 Å². The van der Waals surface area contributed by atoms with Gasteiger partial charge in [0.2, 0.25) is 0 Å². The highest BCUT2D eigenvalue weighted by Gasteiger charge is 2.03. The summed E-state index contributed by atoms with van der Waals surface area (Å²) in [7, 11) is 5.29. The number of nitrogens with zero attached hydrogens (tertiary/aromatic N) is 2. The quantitative estimate of drug-likeness (QED) is 0.445. The smallest absolute Gasteiger partial charge is 0.198 e. The summed E-state index contributed by atoms with van der Waals surface area (Å²) in [5.74, 6) is 0.880. The van der Waals surface area contributed by atoms with Crippen LogP contribution in [0.2, 0.25) is 0 Å². The second-order valence-corrected chi connectivity index (χ2v) is 3.98. The summed E-state index contributed by atoms with van der Waals surface area (Å²) in [5.41, 5.74) is 2.28. The topological polar surface area (TPSA) is 79.3 Å². The van der Waals surface area contributed by atoms with Gasteiger partial charge in [-0.2, -0.15) is 0 Å². The molecule has 0 aliphatic carbocycles. The zero-order chi connectivity index (χ0) is 12.8. The van der Waals surface area contributed by atoms with Gasteiger partial charge < -0.3 is 15.2 Å². The first-order valence-electron chi connectivity index (χ1n) is 5.40. The van der Waals surface area contributed by atoms with Gasteiger partial charge in [0.1, 0.15) is 0 Å². The maximum absolute atomic E-state index is 7.65. The molecule has 6 heteroatoms. The monoisotopic (exact) mass is 236 g/mol. The molecular formula is C11H20N6. The fraction of sp³-hybridized carbons (Fsp3) is 0.455. The number of aromatic nitrogens is 1. The van der Waals surface area contributed by atoms with E-state index in [2.05, 4.69) is 26.7 Å². The number of aryl methyl sites for hydroxylation is 1. The molecule has 0 spiro atoms. The van der Waals surface area contributed by atoms with E-state index in [4.69, 9.17) is 5.41 Å². The zero-order valence-electron chi connectivity index (χ0n) is 10.8. The number of aromatic amines is 1. The predicted octanol–water partition coefficient (Wildman–Crippen LogP) is 0.484. The molecule has 0 atom stereocenters. The standard InChI is InChI=1S/C11H20N6/c1-8-5-9(6-14-8)7-15-11(13-2)16-10(12)17(3)4/h5-6,14H,7H2,1-4H3,(H3,12,13,15,16). The van der Waals surface area contributed by atoms with Crippen molar-refractivity contribution in [1.29, 1.82) is 5.41 Å². The number of H-pyrrole nitrogens is 1. The molecule has 0 radical (unpaired) electrons.